The van der Waals surface area contributed by atoms with Crippen molar-refractivity contribution in [3.8, 4) is 0 Å². The first-order valence-corrected chi connectivity index (χ1v) is 8.56. The molecule has 3 rings (SSSR count). The normalized spacial score (nSPS) is 17.0. The molecule has 0 aromatic heterocycles. The van der Waals surface area contributed by atoms with Crippen molar-refractivity contribution < 1.29 is 9.18 Å². The smallest absolute Gasteiger partial charge is 0.220 e. The molecule has 0 bridgehead atoms. The number of carbonyl (C=O) groups is 1. The number of nitrogens with one attached hydrogen (secondary N) is 1. The first-order chi connectivity index (χ1) is 11.7. The molecule has 24 heavy (non-hydrogen) atoms. The van der Waals surface area contributed by atoms with E-state index in [4.69, 9.17) is 0 Å². The van der Waals surface area contributed by atoms with Crippen LogP contribution in [0.2, 0.25) is 0 Å². The van der Waals surface area contributed by atoms with Crippen molar-refractivity contribution in [3.63, 3.8) is 0 Å². The van der Waals surface area contributed by atoms with Gasteiger partial charge in [0, 0.05) is 31.2 Å². The molecule has 1 fully saturated rings. The summed E-state index contributed by atoms with van der Waals surface area (Å²) in [4.78, 5) is 14.4. The second kappa shape index (κ2) is 7.95. The fourth-order valence-electron chi connectivity index (χ4n) is 3.28. The van der Waals surface area contributed by atoms with E-state index in [1.807, 2.05) is 18.2 Å². The molecule has 0 aliphatic carbocycles. The van der Waals surface area contributed by atoms with Crippen molar-refractivity contribution in [1.82, 2.24) is 5.32 Å². The van der Waals surface area contributed by atoms with Crippen LogP contribution in [-0.4, -0.2) is 25.0 Å². The van der Waals surface area contributed by atoms with Crippen LogP contribution in [0.3, 0.4) is 0 Å². The number of nitrogens with zero attached hydrogens (tertiary/aromatic N) is 1. The fraction of sp³-hybridized carbons (Fsp3) is 0.350. The molecule has 1 aliphatic rings. The maximum absolute atomic E-state index is 13.6. The second-order valence-corrected chi connectivity index (χ2v) is 6.22. The lowest BCUT2D eigenvalue weighted by Gasteiger charge is -2.27. The number of halogens is 1. The molecule has 1 aliphatic heterocycles. The van der Waals surface area contributed by atoms with E-state index in [1.165, 1.54) is 11.8 Å². The van der Waals surface area contributed by atoms with E-state index in [9.17, 15) is 9.18 Å². The first kappa shape index (κ1) is 16.5. The van der Waals surface area contributed by atoms with Crippen LogP contribution >= 0.6 is 0 Å². The topological polar surface area (TPSA) is 32.3 Å². The SMILES string of the molecule is O=C(CCc1ccccc1F)NCC1CCCN1c1ccccc1. The van der Waals surface area contributed by atoms with Gasteiger partial charge >= 0.3 is 0 Å². The number of hydrogen-bond acceptors (Lipinski definition) is 2. The highest BCUT2D eigenvalue weighted by Gasteiger charge is 2.24. The molecule has 1 unspecified atom stereocenters. The Hall–Kier alpha value is -2.36. The predicted octanol–water partition coefficient (Wildman–Crippen LogP) is 3.54. The maximum Gasteiger partial charge on any atom is 0.220 e. The van der Waals surface area contributed by atoms with Crippen molar-refractivity contribution in [2.75, 3.05) is 18.0 Å². The quantitative estimate of drug-likeness (QED) is 0.880. The molecule has 4 heteroatoms. The number of aryl methyl sites for hydroxylation is 1. The average Bonchev–Trinajstić information content (AvgIpc) is 3.08. The average molecular weight is 326 g/mol. The van der Waals surface area contributed by atoms with Gasteiger partial charge in [-0.2, -0.15) is 0 Å². The van der Waals surface area contributed by atoms with Crippen molar-refractivity contribution in [2.24, 2.45) is 0 Å². The number of amides is 1. The third-order valence-electron chi connectivity index (χ3n) is 4.58. The van der Waals surface area contributed by atoms with Crippen LogP contribution in [0.25, 0.3) is 0 Å². The van der Waals surface area contributed by atoms with E-state index in [2.05, 4.69) is 22.3 Å². The Labute approximate surface area is 142 Å². The summed E-state index contributed by atoms with van der Waals surface area (Å²) in [6.07, 6.45) is 2.98. The van der Waals surface area contributed by atoms with Gasteiger partial charge in [0.15, 0.2) is 0 Å². The van der Waals surface area contributed by atoms with Gasteiger partial charge in [-0.1, -0.05) is 36.4 Å². The van der Waals surface area contributed by atoms with Crippen molar-refractivity contribution in [1.29, 1.82) is 0 Å². The molecule has 1 amide bonds. The molecule has 2 aromatic carbocycles. The molecule has 3 nitrogen and oxygen atoms in total. The van der Waals surface area contributed by atoms with Crippen molar-refractivity contribution >= 4 is 11.6 Å². The van der Waals surface area contributed by atoms with Crippen LogP contribution < -0.4 is 10.2 Å². The van der Waals surface area contributed by atoms with Crippen LogP contribution in [0.5, 0.6) is 0 Å². The number of carbonyl (C=O) groups excluding carboxylic acids is 1. The van der Waals surface area contributed by atoms with Crippen LogP contribution in [0.1, 0.15) is 24.8 Å². The number of rotatable bonds is 6. The molecule has 0 radical (unpaired) electrons. The lowest BCUT2D eigenvalue weighted by Crippen LogP contribution is -2.40. The number of para-hydroxylation sites is 1. The van der Waals surface area contributed by atoms with Crippen LogP contribution in [0, 0.1) is 5.82 Å². The molecule has 1 heterocycles. The van der Waals surface area contributed by atoms with E-state index < -0.39 is 0 Å². The Morgan fingerprint density at radius 2 is 1.88 bits per heavy atom. The predicted molar refractivity (Wildman–Crippen MR) is 94.5 cm³/mol. The van der Waals surface area contributed by atoms with Crippen LogP contribution in [0.15, 0.2) is 54.6 Å². The van der Waals surface area contributed by atoms with Crippen LogP contribution in [-0.2, 0) is 11.2 Å². The minimum absolute atomic E-state index is 0.0156. The van der Waals surface area contributed by atoms with Gasteiger partial charge in [0.2, 0.25) is 5.91 Å². The van der Waals surface area contributed by atoms with Gasteiger partial charge in [0.05, 0.1) is 0 Å². The molecule has 1 N–H and O–H groups in total. The minimum atomic E-state index is -0.239. The second-order valence-electron chi connectivity index (χ2n) is 6.22. The maximum atomic E-state index is 13.6. The summed E-state index contributed by atoms with van der Waals surface area (Å²) < 4.78 is 13.6. The van der Waals surface area contributed by atoms with E-state index >= 15 is 0 Å². The highest BCUT2D eigenvalue weighted by Crippen LogP contribution is 2.24. The highest BCUT2D eigenvalue weighted by molar-refractivity contribution is 5.76. The minimum Gasteiger partial charge on any atom is -0.367 e. The summed E-state index contributed by atoms with van der Waals surface area (Å²) in [7, 11) is 0. The molecular formula is C20H23FN2O. The molecule has 0 saturated carbocycles. The Bertz CT molecular complexity index is 674. The van der Waals surface area contributed by atoms with Crippen molar-refractivity contribution in [2.45, 2.75) is 31.7 Å². The third kappa shape index (κ3) is 4.13. The lowest BCUT2D eigenvalue weighted by atomic mass is 10.1. The highest BCUT2D eigenvalue weighted by atomic mass is 19.1. The lowest BCUT2D eigenvalue weighted by molar-refractivity contribution is -0.121. The van der Waals surface area contributed by atoms with Gasteiger partial charge in [-0.05, 0) is 43.0 Å². The van der Waals surface area contributed by atoms with Crippen molar-refractivity contribution in [3.05, 3.63) is 66.0 Å². The summed E-state index contributed by atoms with van der Waals surface area (Å²) in [5.41, 5.74) is 1.81. The molecule has 2 aromatic rings. The zero-order chi connectivity index (χ0) is 16.8. The number of benzene rings is 2. The van der Waals surface area contributed by atoms with E-state index in [-0.39, 0.29) is 11.7 Å². The van der Waals surface area contributed by atoms with Gasteiger partial charge in [0.1, 0.15) is 5.82 Å². The van der Waals surface area contributed by atoms with Crippen LogP contribution in [0.4, 0.5) is 10.1 Å². The standard InChI is InChI=1S/C20H23FN2O/c21-19-11-5-4-7-16(19)12-13-20(24)22-15-18-10-6-14-23(18)17-8-2-1-3-9-17/h1-5,7-9,11,18H,6,10,12-15H2,(H,22,24). The Balaban J connectivity index is 1.48. The Kier molecular flexibility index (Phi) is 5.47. The zero-order valence-corrected chi connectivity index (χ0v) is 13.7. The number of hydrogen-bond donors (Lipinski definition) is 1. The summed E-state index contributed by atoms with van der Waals surface area (Å²) in [5, 5.41) is 3.01. The first-order valence-electron chi connectivity index (χ1n) is 8.56. The molecule has 1 saturated heterocycles. The summed E-state index contributed by atoms with van der Waals surface area (Å²) in [6.45, 7) is 1.67. The largest absolute Gasteiger partial charge is 0.367 e. The van der Waals surface area contributed by atoms with E-state index in [0.29, 0.717) is 31.0 Å². The van der Waals surface area contributed by atoms with Gasteiger partial charge in [-0.3, -0.25) is 4.79 Å². The molecule has 0 spiro atoms. The molecule has 1 atom stereocenters. The summed E-state index contributed by atoms with van der Waals surface area (Å²) in [6, 6.07) is 17.3. The zero-order valence-electron chi connectivity index (χ0n) is 13.7. The summed E-state index contributed by atoms with van der Waals surface area (Å²) >= 11 is 0. The van der Waals surface area contributed by atoms with E-state index in [1.54, 1.807) is 18.2 Å². The fourth-order valence-corrected chi connectivity index (χ4v) is 3.28. The Morgan fingerprint density at radius 1 is 1.12 bits per heavy atom. The van der Waals surface area contributed by atoms with Gasteiger partial charge in [-0.25, -0.2) is 4.39 Å². The van der Waals surface area contributed by atoms with E-state index in [0.717, 1.165) is 19.4 Å². The van der Waals surface area contributed by atoms with Gasteiger partial charge in [0.25, 0.3) is 0 Å². The monoisotopic (exact) mass is 326 g/mol. The molecule has 126 valence electrons. The summed E-state index contributed by atoms with van der Waals surface area (Å²) in [5.74, 6) is -0.255. The van der Waals surface area contributed by atoms with Gasteiger partial charge in [-0.15, -0.1) is 0 Å². The molecular weight excluding hydrogens is 303 g/mol. The Morgan fingerprint density at radius 3 is 2.67 bits per heavy atom. The number of anilines is 1. The third-order valence-corrected chi connectivity index (χ3v) is 4.58. The van der Waals surface area contributed by atoms with Gasteiger partial charge < -0.3 is 10.2 Å².